The lowest BCUT2D eigenvalue weighted by Gasteiger charge is -2.26. The van der Waals surface area contributed by atoms with E-state index in [2.05, 4.69) is 10.6 Å². The van der Waals surface area contributed by atoms with Crippen molar-refractivity contribution in [1.29, 1.82) is 0 Å². The Kier molecular flexibility index (Phi) is 5.64. The van der Waals surface area contributed by atoms with E-state index in [0.717, 1.165) is 38.9 Å². The van der Waals surface area contributed by atoms with Gasteiger partial charge in [-0.3, -0.25) is 4.79 Å². The number of ether oxygens (including phenoxy) is 1. The van der Waals surface area contributed by atoms with E-state index in [0.29, 0.717) is 25.3 Å². The molecule has 1 atom stereocenters. The molecule has 2 amide bonds. The van der Waals surface area contributed by atoms with Gasteiger partial charge < -0.3 is 20.5 Å². The van der Waals surface area contributed by atoms with Crippen LogP contribution in [0.2, 0.25) is 0 Å². The molecule has 1 saturated carbocycles. The highest BCUT2D eigenvalue weighted by molar-refractivity contribution is 5.74. The number of carboxylic acids is 1. The van der Waals surface area contributed by atoms with Crippen LogP contribution in [0.1, 0.15) is 38.5 Å². The van der Waals surface area contributed by atoms with Crippen LogP contribution in [0.25, 0.3) is 0 Å². The zero-order valence-electron chi connectivity index (χ0n) is 11.8. The van der Waals surface area contributed by atoms with Crippen molar-refractivity contribution >= 4 is 12.0 Å². The number of rotatable bonds is 5. The maximum absolute atomic E-state index is 11.7. The van der Waals surface area contributed by atoms with E-state index in [4.69, 9.17) is 9.84 Å². The van der Waals surface area contributed by atoms with Gasteiger partial charge in [0, 0.05) is 25.8 Å². The van der Waals surface area contributed by atoms with E-state index >= 15 is 0 Å². The summed E-state index contributed by atoms with van der Waals surface area (Å²) in [5.74, 6) is -0.383. The van der Waals surface area contributed by atoms with Crippen LogP contribution in [0.5, 0.6) is 0 Å². The minimum absolute atomic E-state index is 0.111. The van der Waals surface area contributed by atoms with E-state index in [9.17, 15) is 9.59 Å². The summed E-state index contributed by atoms with van der Waals surface area (Å²) in [7, 11) is 0. The molecular formula is C14H24N2O4. The van der Waals surface area contributed by atoms with E-state index in [-0.39, 0.29) is 18.0 Å². The van der Waals surface area contributed by atoms with Gasteiger partial charge in [0.2, 0.25) is 0 Å². The summed E-state index contributed by atoms with van der Waals surface area (Å²) in [6.45, 7) is 2.32. The van der Waals surface area contributed by atoms with Gasteiger partial charge in [-0.05, 0) is 44.4 Å². The normalized spacial score (nSPS) is 29.9. The van der Waals surface area contributed by atoms with Crippen LogP contribution in [0.3, 0.4) is 0 Å². The Morgan fingerprint density at radius 1 is 1.15 bits per heavy atom. The summed E-state index contributed by atoms with van der Waals surface area (Å²) in [5, 5.41) is 14.7. The molecule has 2 aliphatic rings. The minimum atomic E-state index is -0.716. The van der Waals surface area contributed by atoms with Crippen molar-refractivity contribution in [3.8, 4) is 0 Å². The zero-order valence-corrected chi connectivity index (χ0v) is 11.8. The second kappa shape index (κ2) is 7.47. The predicted molar refractivity (Wildman–Crippen MR) is 73.5 cm³/mol. The third-order valence-corrected chi connectivity index (χ3v) is 4.27. The molecule has 0 aromatic rings. The molecule has 2 fully saturated rings. The molecule has 0 aromatic heterocycles. The largest absolute Gasteiger partial charge is 0.481 e. The van der Waals surface area contributed by atoms with Crippen LogP contribution < -0.4 is 10.6 Å². The molecule has 1 aliphatic carbocycles. The Morgan fingerprint density at radius 2 is 1.90 bits per heavy atom. The van der Waals surface area contributed by atoms with Crippen LogP contribution in [0.15, 0.2) is 0 Å². The van der Waals surface area contributed by atoms with Crippen LogP contribution >= 0.6 is 0 Å². The third kappa shape index (κ3) is 4.67. The summed E-state index contributed by atoms with van der Waals surface area (Å²) in [6, 6.07) is -0.0249. The fourth-order valence-electron chi connectivity index (χ4n) is 2.92. The molecule has 6 heteroatoms. The fourth-order valence-corrected chi connectivity index (χ4v) is 2.92. The van der Waals surface area contributed by atoms with E-state index < -0.39 is 5.97 Å². The standard InChI is InChI=1S/C14H24N2O4/c17-13(18)11-1-3-12(4-2-11)16-14(19)15-7-5-10-6-8-20-9-10/h10-12H,1-9H2,(H,17,18)(H2,15,16,19). The van der Waals surface area contributed by atoms with Crippen molar-refractivity contribution in [1.82, 2.24) is 10.6 Å². The summed E-state index contributed by atoms with van der Waals surface area (Å²) < 4.78 is 5.29. The van der Waals surface area contributed by atoms with Crippen molar-refractivity contribution in [3.63, 3.8) is 0 Å². The summed E-state index contributed by atoms with van der Waals surface area (Å²) in [5.41, 5.74) is 0. The van der Waals surface area contributed by atoms with Gasteiger partial charge in [0.15, 0.2) is 0 Å². The Hall–Kier alpha value is -1.30. The first-order valence-electron chi connectivity index (χ1n) is 7.50. The van der Waals surface area contributed by atoms with Gasteiger partial charge in [0.05, 0.1) is 5.92 Å². The second-order valence-electron chi connectivity index (χ2n) is 5.81. The number of nitrogens with one attached hydrogen (secondary N) is 2. The number of carboxylic acid groups (broad SMARTS) is 1. The fraction of sp³-hybridized carbons (Fsp3) is 0.857. The molecular weight excluding hydrogens is 260 g/mol. The molecule has 20 heavy (non-hydrogen) atoms. The Morgan fingerprint density at radius 3 is 2.50 bits per heavy atom. The number of hydrogen-bond acceptors (Lipinski definition) is 3. The Balaban J connectivity index is 1.56. The molecule has 3 N–H and O–H groups in total. The zero-order chi connectivity index (χ0) is 14.4. The maximum Gasteiger partial charge on any atom is 0.315 e. The molecule has 6 nitrogen and oxygen atoms in total. The van der Waals surface area contributed by atoms with Gasteiger partial charge in [0.1, 0.15) is 0 Å². The lowest BCUT2D eigenvalue weighted by molar-refractivity contribution is -0.142. The van der Waals surface area contributed by atoms with Gasteiger partial charge in [-0.2, -0.15) is 0 Å². The number of urea groups is 1. The molecule has 0 spiro atoms. The smallest absolute Gasteiger partial charge is 0.315 e. The van der Waals surface area contributed by atoms with Gasteiger partial charge >= 0.3 is 12.0 Å². The number of hydrogen-bond donors (Lipinski definition) is 3. The van der Waals surface area contributed by atoms with Crippen molar-refractivity contribution in [2.45, 2.75) is 44.6 Å². The third-order valence-electron chi connectivity index (χ3n) is 4.27. The van der Waals surface area contributed by atoms with Crippen LogP contribution in [0.4, 0.5) is 4.79 Å². The Labute approximate surface area is 119 Å². The van der Waals surface area contributed by atoms with Crippen molar-refractivity contribution in [2.24, 2.45) is 11.8 Å². The molecule has 1 heterocycles. The summed E-state index contributed by atoms with van der Waals surface area (Å²) >= 11 is 0. The van der Waals surface area contributed by atoms with Crippen LogP contribution in [-0.2, 0) is 9.53 Å². The van der Waals surface area contributed by atoms with E-state index in [1.807, 2.05) is 0 Å². The summed E-state index contributed by atoms with van der Waals surface area (Å²) in [6.07, 6.45) is 4.85. The van der Waals surface area contributed by atoms with Crippen molar-refractivity contribution in [2.75, 3.05) is 19.8 Å². The average molecular weight is 284 g/mol. The summed E-state index contributed by atoms with van der Waals surface area (Å²) in [4.78, 5) is 22.6. The molecule has 1 unspecified atom stereocenters. The highest BCUT2D eigenvalue weighted by atomic mass is 16.5. The SMILES string of the molecule is O=C(NCCC1CCOC1)NC1CCC(C(=O)O)CC1. The first-order valence-corrected chi connectivity index (χ1v) is 7.50. The first-order chi connectivity index (χ1) is 9.65. The molecule has 2 rings (SSSR count). The second-order valence-corrected chi connectivity index (χ2v) is 5.81. The minimum Gasteiger partial charge on any atom is -0.481 e. The molecule has 0 radical (unpaired) electrons. The van der Waals surface area contributed by atoms with Gasteiger partial charge in [-0.25, -0.2) is 4.79 Å². The van der Waals surface area contributed by atoms with Gasteiger partial charge in [0.25, 0.3) is 0 Å². The molecule has 1 saturated heterocycles. The quantitative estimate of drug-likeness (QED) is 0.711. The van der Waals surface area contributed by atoms with Crippen LogP contribution in [0, 0.1) is 11.8 Å². The van der Waals surface area contributed by atoms with Crippen molar-refractivity contribution in [3.05, 3.63) is 0 Å². The number of amides is 2. The first kappa shape index (κ1) is 15.1. The Bertz CT molecular complexity index is 334. The monoisotopic (exact) mass is 284 g/mol. The molecule has 0 aromatic carbocycles. The van der Waals surface area contributed by atoms with Crippen molar-refractivity contribution < 1.29 is 19.4 Å². The lowest BCUT2D eigenvalue weighted by atomic mass is 9.86. The highest BCUT2D eigenvalue weighted by Crippen LogP contribution is 2.24. The van der Waals surface area contributed by atoms with E-state index in [1.54, 1.807) is 0 Å². The number of carbonyl (C=O) groups is 2. The van der Waals surface area contributed by atoms with E-state index in [1.165, 1.54) is 0 Å². The molecule has 114 valence electrons. The molecule has 1 aliphatic heterocycles. The average Bonchev–Trinajstić information content (AvgIpc) is 2.92. The van der Waals surface area contributed by atoms with Gasteiger partial charge in [-0.1, -0.05) is 0 Å². The highest BCUT2D eigenvalue weighted by Gasteiger charge is 2.26. The topological polar surface area (TPSA) is 87.7 Å². The predicted octanol–water partition coefficient (Wildman–Crippen LogP) is 1.36. The number of aliphatic carboxylic acids is 1. The maximum atomic E-state index is 11.7. The van der Waals surface area contributed by atoms with Crippen LogP contribution in [-0.4, -0.2) is 42.9 Å². The van der Waals surface area contributed by atoms with Gasteiger partial charge in [-0.15, -0.1) is 0 Å². The molecule has 0 bridgehead atoms. The lowest BCUT2D eigenvalue weighted by Crippen LogP contribution is -2.44. The number of carbonyl (C=O) groups excluding carboxylic acids is 1.